The Labute approximate surface area is 89.4 Å². The van der Waals surface area contributed by atoms with E-state index < -0.39 is 18.2 Å². The highest BCUT2D eigenvalue weighted by Gasteiger charge is 2.21. The number of carbonyl (C=O) groups excluding carboxylic acids is 3. The van der Waals surface area contributed by atoms with Gasteiger partial charge in [-0.15, -0.1) is 0 Å². The molecule has 0 heterocycles. The van der Waals surface area contributed by atoms with E-state index in [1.165, 1.54) is 4.90 Å². The Morgan fingerprint density at radius 3 is 2.00 bits per heavy atom. The van der Waals surface area contributed by atoms with E-state index in [0.29, 0.717) is 13.1 Å². The van der Waals surface area contributed by atoms with Gasteiger partial charge >= 0.3 is 5.97 Å². The second kappa shape index (κ2) is 6.98. The Hall–Kier alpha value is -1.39. The molecule has 5 heteroatoms. The SMILES string of the molecule is CCOC(=O)C(=O)CC(=O)N(CC)CC. The van der Waals surface area contributed by atoms with Crippen LogP contribution < -0.4 is 0 Å². The summed E-state index contributed by atoms with van der Waals surface area (Å²) >= 11 is 0. The standard InChI is InChI=1S/C10H17NO4/c1-4-11(5-2)9(13)7-8(12)10(14)15-6-3/h4-7H2,1-3H3. The van der Waals surface area contributed by atoms with Gasteiger partial charge in [0.1, 0.15) is 0 Å². The van der Waals surface area contributed by atoms with E-state index in [1.54, 1.807) is 6.92 Å². The molecule has 0 radical (unpaired) electrons. The smallest absolute Gasteiger partial charge is 0.375 e. The van der Waals surface area contributed by atoms with Crippen molar-refractivity contribution in [1.82, 2.24) is 4.90 Å². The molecule has 0 aliphatic heterocycles. The fourth-order valence-electron chi connectivity index (χ4n) is 1.11. The first-order valence-corrected chi connectivity index (χ1v) is 5.04. The van der Waals surface area contributed by atoms with E-state index >= 15 is 0 Å². The summed E-state index contributed by atoms with van der Waals surface area (Å²) in [4.78, 5) is 35.0. The first-order valence-electron chi connectivity index (χ1n) is 5.04. The third-order valence-electron chi connectivity index (χ3n) is 1.93. The van der Waals surface area contributed by atoms with Crippen molar-refractivity contribution in [1.29, 1.82) is 0 Å². The van der Waals surface area contributed by atoms with E-state index in [9.17, 15) is 14.4 Å². The first kappa shape index (κ1) is 13.6. The van der Waals surface area contributed by atoms with Crippen LogP contribution in [0.4, 0.5) is 0 Å². The summed E-state index contributed by atoms with van der Waals surface area (Å²) in [5, 5.41) is 0. The maximum atomic E-state index is 11.4. The predicted molar refractivity (Wildman–Crippen MR) is 54.2 cm³/mol. The fourth-order valence-corrected chi connectivity index (χ4v) is 1.11. The highest BCUT2D eigenvalue weighted by atomic mass is 16.5. The zero-order chi connectivity index (χ0) is 11.8. The molecule has 0 atom stereocenters. The molecule has 15 heavy (non-hydrogen) atoms. The minimum atomic E-state index is -0.932. The van der Waals surface area contributed by atoms with Gasteiger partial charge in [0, 0.05) is 13.1 Å². The minimum absolute atomic E-state index is 0.143. The van der Waals surface area contributed by atoms with Crippen LogP contribution in [0.5, 0.6) is 0 Å². The second-order valence-electron chi connectivity index (χ2n) is 2.89. The third kappa shape index (κ3) is 4.58. The highest BCUT2D eigenvalue weighted by molar-refractivity contribution is 6.36. The lowest BCUT2D eigenvalue weighted by molar-refractivity contribution is -0.155. The number of carbonyl (C=O) groups is 3. The van der Waals surface area contributed by atoms with Crippen LogP contribution in [-0.4, -0.2) is 42.3 Å². The number of Topliss-reactive ketones (excluding diaryl/α,β-unsaturated/α-hetero) is 1. The number of ether oxygens (including phenoxy) is 1. The predicted octanol–water partition coefficient (Wildman–Crippen LogP) is 0.377. The van der Waals surface area contributed by atoms with Gasteiger partial charge in [-0.1, -0.05) is 0 Å². The van der Waals surface area contributed by atoms with Crippen molar-refractivity contribution in [2.75, 3.05) is 19.7 Å². The van der Waals surface area contributed by atoms with Crippen molar-refractivity contribution in [2.45, 2.75) is 27.2 Å². The summed E-state index contributed by atoms with van der Waals surface area (Å²) in [6.07, 6.45) is -0.402. The number of hydrogen-bond donors (Lipinski definition) is 0. The molecule has 5 nitrogen and oxygen atoms in total. The molecule has 0 spiro atoms. The molecule has 0 rings (SSSR count). The summed E-state index contributed by atoms with van der Waals surface area (Å²) in [5.74, 6) is -2.05. The van der Waals surface area contributed by atoms with Crippen LogP contribution in [0.2, 0.25) is 0 Å². The van der Waals surface area contributed by atoms with Crippen LogP contribution in [0.1, 0.15) is 27.2 Å². The van der Waals surface area contributed by atoms with Crippen molar-refractivity contribution in [3.8, 4) is 0 Å². The van der Waals surface area contributed by atoms with Crippen molar-refractivity contribution in [3.05, 3.63) is 0 Å². The Balaban J connectivity index is 4.17. The zero-order valence-corrected chi connectivity index (χ0v) is 9.41. The minimum Gasteiger partial charge on any atom is -0.460 e. The molecule has 0 aromatic heterocycles. The lowest BCUT2D eigenvalue weighted by Crippen LogP contribution is -2.33. The van der Waals surface area contributed by atoms with Gasteiger partial charge in [0.25, 0.3) is 0 Å². The fraction of sp³-hybridized carbons (Fsp3) is 0.700. The number of hydrogen-bond acceptors (Lipinski definition) is 4. The summed E-state index contributed by atoms with van der Waals surface area (Å²) in [6, 6.07) is 0. The quantitative estimate of drug-likeness (QED) is 0.365. The van der Waals surface area contributed by atoms with E-state index in [-0.39, 0.29) is 12.5 Å². The molecule has 0 unspecified atom stereocenters. The van der Waals surface area contributed by atoms with Gasteiger partial charge < -0.3 is 9.64 Å². The molecule has 0 aromatic carbocycles. The van der Waals surface area contributed by atoms with Crippen molar-refractivity contribution >= 4 is 17.7 Å². The van der Waals surface area contributed by atoms with E-state index in [4.69, 9.17) is 0 Å². The monoisotopic (exact) mass is 215 g/mol. The summed E-state index contributed by atoms with van der Waals surface area (Å²) in [7, 11) is 0. The maximum absolute atomic E-state index is 11.4. The van der Waals surface area contributed by atoms with Crippen LogP contribution in [-0.2, 0) is 19.1 Å². The molecule has 0 saturated heterocycles. The molecule has 0 aliphatic rings. The normalized spacial score (nSPS) is 9.53. The largest absolute Gasteiger partial charge is 0.460 e. The Morgan fingerprint density at radius 1 is 1.07 bits per heavy atom. The second-order valence-corrected chi connectivity index (χ2v) is 2.89. The molecule has 0 aromatic rings. The number of nitrogens with zero attached hydrogens (tertiary/aromatic N) is 1. The third-order valence-corrected chi connectivity index (χ3v) is 1.93. The topological polar surface area (TPSA) is 63.7 Å². The van der Waals surface area contributed by atoms with Crippen LogP contribution in [0.15, 0.2) is 0 Å². The number of amides is 1. The number of rotatable bonds is 6. The molecule has 1 amide bonds. The summed E-state index contributed by atoms with van der Waals surface area (Å²) in [6.45, 7) is 6.45. The van der Waals surface area contributed by atoms with Crippen LogP contribution in [0, 0.1) is 0 Å². The van der Waals surface area contributed by atoms with E-state index in [0.717, 1.165) is 0 Å². The van der Waals surface area contributed by atoms with Crippen LogP contribution >= 0.6 is 0 Å². The molecule has 86 valence electrons. The lowest BCUT2D eigenvalue weighted by Gasteiger charge is -2.17. The van der Waals surface area contributed by atoms with Crippen molar-refractivity contribution < 1.29 is 19.1 Å². The van der Waals surface area contributed by atoms with E-state index in [1.807, 2.05) is 13.8 Å². The average molecular weight is 215 g/mol. The molecular formula is C10H17NO4. The molecule has 0 saturated carbocycles. The summed E-state index contributed by atoms with van der Waals surface area (Å²) < 4.78 is 4.49. The van der Waals surface area contributed by atoms with Gasteiger partial charge in [0.15, 0.2) is 0 Å². The highest BCUT2D eigenvalue weighted by Crippen LogP contribution is 1.96. The van der Waals surface area contributed by atoms with Crippen LogP contribution in [0.25, 0.3) is 0 Å². The first-order chi connectivity index (χ1) is 7.06. The molecule has 0 N–H and O–H groups in total. The molecule has 0 fully saturated rings. The average Bonchev–Trinajstić information content (AvgIpc) is 2.19. The van der Waals surface area contributed by atoms with Crippen molar-refractivity contribution in [3.63, 3.8) is 0 Å². The number of esters is 1. The zero-order valence-electron chi connectivity index (χ0n) is 9.41. The van der Waals surface area contributed by atoms with Gasteiger partial charge in [-0.2, -0.15) is 0 Å². The molecule has 0 bridgehead atoms. The molecular weight excluding hydrogens is 198 g/mol. The van der Waals surface area contributed by atoms with E-state index in [2.05, 4.69) is 4.74 Å². The number of ketones is 1. The van der Waals surface area contributed by atoms with Gasteiger partial charge in [0.05, 0.1) is 13.0 Å². The lowest BCUT2D eigenvalue weighted by atomic mass is 10.2. The Bertz CT molecular complexity index is 246. The maximum Gasteiger partial charge on any atom is 0.375 e. The van der Waals surface area contributed by atoms with Gasteiger partial charge in [-0.05, 0) is 20.8 Å². The van der Waals surface area contributed by atoms with Crippen molar-refractivity contribution in [2.24, 2.45) is 0 Å². The Morgan fingerprint density at radius 2 is 1.60 bits per heavy atom. The van der Waals surface area contributed by atoms with Crippen LogP contribution in [0.3, 0.4) is 0 Å². The van der Waals surface area contributed by atoms with Gasteiger partial charge in [0.2, 0.25) is 11.7 Å². The van der Waals surface area contributed by atoms with Gasteiger partial charge in [-0.25, -0.2) is 4.79 Å². The molecule has 0 aliphatic carbocycles. The van der Waals surface area contributed by atoms with Gasteiger partial charge in [-0.3, -0.25) is 9.59 Å². The summed E-state index contributed by atoms with van der Waals surface area (Å²) in [5.41, 5.74) is 0. The Kier molecular flexibility index (Phi) is 6.33.